The summed E-state index contributed by atoms with van der Waals surface area (Å²) in [5.41, 5.74) is 2.06. The molecule has 0 spiro atoms. The predicted molar refractivity (Wildman–Crippen MR) is 127 cm³/mol. The van der Waals surface area contributed by atoms with E-state index in [2.05, 4.69) is 15.6 Å². The summed E-state index contributed by atoms with van der Waals surface area (Å²) < 4.78 is 5.90. The van der Waals surface area contributed by atoms with Crippen molar-refractivity contribution in [3.8, 4) is 11.5 Å². The molecule has 0 aliphatic carbocycles. The number of nitrogens with one attached hydrogen (secondary N) is 2. The number of anilines is 2. The Morgan fingerprint density at radius 3 is 2.19 bits per heavy atom. The van der Waals surface area contributed by atoms with Crippen molar-refractivity contribution in [1.82, 2.24) is 9.88 Å². The van der Waals surface area contributed by atoms with Crippen molar-refractivity contribution in [1.29, 1.82) is 0 Å². The number of aromatic nitrogens is 1. The molecule has 1 aromatic heterocycles. The summed E-state index contributed by atoms with van der Waals surface area (Å²) in [4.78, 5) is 18.6. The topological polar surface area (TPSA) is 66.5 Å². The second kappa shape index (κ2) is 9.76. The number of carbonyl (C=O) groups is 1. The van der Waals surface area contributed by atoms with Gasteiger partial charge in [-0.3, -0.25) is 9.78 Å². The second-order valence-electron chi connectivity index (χ2n) is 7.09. The molecule has 2 heterocycles. The highest BCUT2D eigenvalue weighted by Gasteiger charge is 2.20. The highest BCUT2D eigenvalue weighted by atomic mass is 35.5. The Morgan fingerprint density at radius 1 is 0.935 bits per heavy atom. The molecule has 0 radical (unpaired) electrons. The predicted octanol–water partition coefficient (Wildman–Crippen LogP) is 5.57. The zero-order valence-corrected chi connectivity index (χ0v) is 18.2. The third-order valence-corrected chi connectivity index (χ3v) is 5.25. The Bertz CT molecular complexity index is 1070. The van der Waals surface area contributed by atoms with Crippen LogP contribution in [0.3, 0.4) is 0 Å². The number of rotatable bonds is 5. The van der Waals surface area contributed by atoms with Gasteiger partial charge in [-0.2, -0.15) is 0 Å². The summed E-state index contributed by atoms with van der Waals surface area (Å²) >= 11 is 11.2. The van der Waals surface area contributed by atoms with Crippen LogP contribution in [0.15, 0.2) is 66.9 Å². The fraction of sp³-hybridized carbons (Fsp3) is 0.174. The van der Waals surface area contributed by atoms with Crippen LogP contribution in [-0.4, -0.2) is 34.0 Å². The van der Waals surface area contributed by atoms with Crippen LogP contribution >= 0.6 is 23.8 Å². The van der Waals surface area contributed by atoms with Gasteiger partial charge in [-0.05, 0) is 79.7 Å². The molecular formula is C23H21ClN4O2S. The van der Waals surface area contributed by atoms with Gasteiger partial charge >= 0.3 is 0 Å². The number of benzene rings is 2. The lowest BCUT2D eigenvalue weighted by molar-refractivity contribution is 0.0786. The zero-order chi connectivity index (χ0) is 21.6. The number of hydrogen-bond acceptors (Lipinski definition) is 4. The zero-order valence-electron chi connectivity index (χ0n) is 16.7. The Labute approximate surface area is 191 Å². The van der Waals surface area contributed by atoms with Gasteiger partial charge in [-0.15, -0.1) is 0 Å². The van der Waals surface area contributed by atoms with Crippen molar-refractivity contribution in [3.63, 3.8) is 0 Å². The Hall–Kier alpha value is -3.16. The van der Waals surface area contributed by atoms with Gasteiger partial charge in [0.1, 0.15) is 17.2 Å². The summed E-state index contributed by atoms with van der Waals surface area (Å²) in [7, 11) is 0. The molecule has 158 valence electrons. The number of amides is 1. The molecule has 2 aromatic carbocycles. The molecule has 1 aliphatic heterocycles. The maximum absolute atomic E-state index is 12.5. The second-order valence-corrected chi connectivity index (χ2v) is 7.93. The number of thiocarbonyl (C=S) groups is 1. The van der Waals surface area contributed by atoms with Gasteiger partial charge in [-0.1, -0.05) is 11.6 Å². The van der Waals surface area contributed by atoms with E-state index in [-0.39, 0.29) is 5.91 Å². The minimum Gasteiger partial charge on any atom is -0.457 e. The highest BCUT2D eigenvalue weighted by Crippen LogP contribution is 2.24. The first kappa shape index (κ1) is 21.1. The van der Waals surface area contributed by atoms with E-state index in [0.717, 1.165) is 37.3 Å². The molecule has 31 heavy (non-hydrogen) atoms. The third-order valence-electron chi connectivity index (χ3n) is 4.79. The standard InChI is InChI=1S/C23H21ClN4O2S/c24-16-3-5-17(6-4-16)26-23(31)27-18-7-9-19(10-8-18)30-20-11-12-25-21(15-20)22(29)28-13-1-2-14-28/h3-12,15H,1-2,13-14H2,(H2,26,27,31). The molecule has 1 amide bonds. The minimum atomic E-state index is -0.0517. The van der Waals surface area contributed by atoms with Gasteiger partial charge in [0.25, 0.3) is 5.91 Å². The van der Waals surface area contributed by atoms with Gasteiger partial charge < -0.3 is 20.3 Å². The first-order valence-corrected chi connectivity index (χ1v) is 10.7. The summed E-state index contributed by atoms with van der Waals surface area (Å²) in [6.07, 6.45) is 3.68. The Kier molecular flexibility index (Phi) is 6.64. The van der Waals surface area contributed by atoms with Crippen LogP contribution in [0.5, 0.6) is 11.5 Å². The van der Waals surface area contributed by atoms with Crippen LogP contribution in [0, 0.1) is 0 Å². The summed E-state index contributed by atoms with van der Waals surface area (Å²) in [6.45, 7) is 1.57. The quantitative estimate of drug-likeness (QED) is 0.493. The van der Waals surface area contributed by atoms with E-state index in [0.29, 0.717) is 27.3 Å². The van der Waals surface area contributed by atoms with Gasteiger partial charge in [-0.25, -0.2) is 0 Å². The molecule has 0 saturated carbocycles. The SMILES string of the molecule is O=C(c1cc(Oc2ccc(NC(=S)Nc3ccc(Cl)cc3)cc2)ccn1)N1CCCC1. The third kappa shape index (κ3) is 5.71. The Balaban J connectivity index is 1.35. The maximum atomic E-state index is 12.5. The summed E-state index contributed by atoms with van der Waals surface area (Å²) in [6, 6.07) is 18.1. The number of likely N-dealkylation sites (tertiary alicyclic amines) is 1. The molecule has 1 fully saturated rings. The summed E-state index contributed by atoms with van der Waals surface area (Å²) in [5, 5.41) is 7.36. The molecule has 1 aliphatic rings. The highest BCUT2D eigenvalue weighted by molar-refractivity contribution is 7.80. The van der Waals surface area contributed by atoms with Crippen LogP contribution < -0.4 is 15.4 Å². The van der Waals surface area contributed by atoms with Crippen molar-refractivity contribution < 1.29 is 9.53 Å². The number of carbonyl (C=O) groups excluding carboxylic acids is 1. The van der Waals surface area contributed by atoms with Crippen molar-refractivity contribution in [2.45, 2.75) is 12.8 Å². The van der Waals surface area contributed by atoms with Crippen LogP contribution in [0.4, 0.5) is 11.4 Å². The average molecular weight is 453 g/mol. The monoisotopic (exact) mass is 452 g/mol. The Morgan fingerprint density at radius 2 is 1.55 bits per heavy atom. The van der Waals surface area contributed by atoms with E-state index < -0.39 is 0 Å². The van der Waals surface area contributed by atoms with E-state index in [4.69, 9.17) is 28.6 Å². The summed E-state index contributed by atoms with van der Waals surface area (Å²) in [5.74, 6) is 1.16. The fourth-order valence-electron chi connectivity index (χ4n) is 3.24. The van der Waals surface area contributed by atoms with Gasteiger partial charge in [0.15, 0.2) is 5.11 Å². The first-order valence-electron chi connectivity index (χ1n) is 9.94. The molecule has 3 aromatic rings. The van der Waals surface area contributed by atoms with Crippen LogP contribution in [0.2, 0.25) is 5.02 Å². The maximum Gasteiger partial charge on any atom is 0.272 e. The molecule has 8 heteroatoms. The lowest BCUT2D eigenvalue weighted by Gasteiger charge is -2.15. The molecular weight excluding hydrogens is 432 g/mol. The molecule has 0 atom stereocenters. The van der Waals surface area contributed by atoms with Gasteiger partial charge in [0.2, 0.25) is 0 Å². The smallest absolute Gasteiger partial charge is 0.272 e. The molecule has 4 rings (SSSR count). The molecule has 0 unspecified atom stereocenters. The first-order chi connectivity index (χ1) is 15.1. The van der Waals surface area contributed by atoms with Crippen molar-refractivity contribution >= 4 is 46.2 Å². The van der Waals surface area contributed by atoms with Crippen LogP contribution in [0.1, 0.15) is 23.3 Å². The normalized spacial score (nSPS) is 13.0. The van der Waals surface area contributed by atoms with Crippen LogP contribution in [-0.2, 0) is 0 Å². The molecule has 6 nitrogen and oxygen atoms in total. The van der Waals surface area contributed by atoms with E-state index in [9.17, 15) is 4.79 Å². The molecule has 0 bridgehead atoms. The number of halogens is 1. The van der Waals surface area contributed by atoms with Gasteiger partial charge in [0.05, 0.1) is 0 Å². The largest absolute Gasteiger partial charge is 0.457 e. The van der Waals surface area contributed by atoms with E-state index in [1.165, 1.54) is 0 Å². The number of hydrogen-bond donors (Lipinski definition) is 2. The number of nitrogens with zero attached hydrogens (tertiary/aromatic N) is 2. The van der Waals surface area contributed by atoms with Gasteiger partial charge in [0, 0.05) is 41.8 Å². The minimum absolute atomic E-state index is 0.0517. The number of pyridine rings is 1. The van der Waals surface area contributed by atoms with E-state index >= 15 is 0 Å². The van der Waals surface area contributed by atoms with Crippen LogP contribution in [0.25, 0.3) is 0 Å². The molecule has 2 N–H and O–H groups in total. The average Bonchev–Trinajstić information content (AvgIpc) is 3.31. The van der Waals surface area contributed by atoms with E-state index in [1.807, 2.05) is 41.3 Å². The lowest BCUT2D eigenvalue weighted by Crippen LogP contribution is -2.28. The fourth-order valence-corrected chi connectivity index (χ4v) is 3.60. The van der Waals surface area contributed by atoms with Crippen molar-refractivity contribution in [3.05, 3.63) is 77.6 Å². The van der Waals surface area contributed by atoms with Crippen molar-refractivity contribution in [2.24, 2.45) is 0 Å². The van der Waals surface area contributed by atoms with E-state index in [1.54, 1.807) is 30.5 Å². The number of ether oxygens (including phenoxy) is 1. The lowest BCUT2D eigenvalue weighted by atomic mass is 10.3. The molecule has 1 saturated heterocycles. The van der Waals surface area contributed by atoms with Crippen molar-refractivity contribution in [2.75, 3.05) is 23.7 Å².